The number of amides is 2. The molecule has 0 spiro atoms. The highest BCUT2D eigenvalue weighted by Crippen LogP contribution is 2.43. The molecule has 10 heteroatoms. The van der Waals surface area contributed by atoms with Crippen molar-refractivity contribution in [1.82, 2.24) is 0 Å². The van der Waals surface area contributed by atoms with Gasteiger partial charge in [-0.2, -0.15) is 0 Å². The molecule has 0 unspecified atom stereocenters. The molecule has 1 aliphatic carbocycles. The second-order valence-corrected chi connectivity index (χ2v) is 9.65. The summed E-state index contributed by atoms with van der Waals surface area (Å²) < 4.78 is 55.9. The van der Waals surface area contributed by atoms with E-state index in [2.05, 4.69) is 5.32 Å². The summed E-state index contributed by atoms with van der Waals surface area (Å²) in [5, 5.41) is 3.26. The van der Waals surface area contributed by atoms with Gasteiger partial charge in [0.05, 0.1) is 16.4 Å². The summed E-state index contributed by atoms with van der Waals surface area (Å²) >= 11 is 6.30. The number of alkyl halides is 2. The van der Waals surface area contributed by atoms with Gasteiger partial charge in [0, 0.05) is 37.1 Å². The lowest BCUT2D eigenvalue weighted by Gasteiger charge is -2.43. The standard InChI is InChI=1S/C27H22ClF4N3O2/c28-21-6-2-4-8-24(21)35(20-13-27(31,32)14-20)25(36)15-34(19-11-17(29)10-18(30)12-19)26(37)23-9-16-5-1-3-7-22(16)33-23/h1-8,10-12,20,23,33H,9,13-15H2/t23-/m0/s1. The van der Waals surface area contributed by atoms with Gasteiger partial charge < -0.3 is 15.1 Å². The van der Waals surface area contributed by atoms with Crippen molar-refractivity contribution in [2.75, 3.05) is 21.7 Å². The zero-order chi connectivity index (χ0) is 26.3. The molecule has 0 saturated heterocycles. The fourth-order valence-corrected chi connectivity index (χ4v) is 5.06. The van der Waals surface area contributed by atoms with Gasteiger partial charge in [0.2, 0.25) is 11.8 Å². The maximum absolute atomic E-state index is 14.1. The first kappa shape index (κ1) is 25.1. The van der Waals surface area contributed by atoms with Crippen LogP contribution in [0.2, 0.25) is 5.02 Å². The smallest absolute Gasteiger partial charge is 0.252 e. The van der Waals surface area contributed by atoms with Gasteiger partial charge in [-0.15, -0.1) is 0 Å². The summed E-state index contributed by atoms with van der Waals surface area (Å²) in [5.41, 5.74) is 1.68. The highest BCUT2D eigenvalue weighted by atomic mass is 35.5. The van der Waals surface area contributed by atoms with E-state index in [0.717, 1.165) is 33.2 Å². The van der Waals surface area contributed by atoms with Gasteiger partial charge in [-0.25, -0.2) is 17.6 Å². The second-order valence-electron chi connectivity index (χ2n) is 9.24. The van der Waals surface area contributed by atoms with E-state index < -0.39 is 60.8 Å². The lowest BCUT2D eigenvalue weighted by molar-refractivity contribution is -0.126. The Morgan fingerprint density at radius 2 is 1.62 bits per heavy atom. The van der Waals surface area contributed by atoms with E-state index in [0.29, 0.717) is 12.5 Å². The molecule has 0 aromatic heterocycles. The van der Waals surface area contributed by atoms with E-state index in [9.17, 15) is 27.2 Å². The van der Waals surface area contributed by atoms with Crippen LogP contribution in [0.1, 0.15) is 18.4 Å². The first-order valence-electron chi connectivity index (χ1n) is 11.7. The number of hydrogen-bond acceptors (Lipinski definition) is 3. The highest BCUT2D eigenvalue weighted by Gasteiger charge is 2.50. The molecule has 192 valence electrons. The molecule has 37 heavy (non-hydrogen) atoms. The molecule has 1 atom stereocenters. The number of hydrogen-bond donors (Lipinski definition) is 1. The summed E-state index contributed by atoms with van der Waals surface area (Å²) in [6, 6.07) is 14.5. The molecule has 1 heterocycles. The molecule has 1 N–H and O–H groups in total. The van der Waals surface area contributed by atoms with E-state index in [1.807, 2.05) is 12.1 Å². The van der Waals surface area contributed by atoms with Crippen LogP contribution in [-0.4, -0.2) is 36.4 Å². The van der Waals surface area contributed by atoms with Crippen LogP contribution in [0, 0.1) is 11.6 Å². The molecule has 0 radical (unpaired) electrons. The van der Waals surface area contributed by atoms with Gasteiger partial charge in [-0.05, 0) is 35.9 Å². The van der Waals surface area contributed by atoms with E-state index >= 15 is 0 Å². The maximum atomic E-state index is 14.1. The number of para-hydroxylation sites is 2. The first-order valence-corrected chi connectivity index (χ1v) is 12.1. The normalized spacial score (nSPS) is 17.9. The first-order chi connectivity index (χ1) is 17.6. The minimum atomic E-state index is -2.93. The Bertz CT molecular complexity index is 1320. The molecule has 5 nitrogen and oxygen atoms in total. The van der Waals surface area contributed by atoms with Crippen LogP contribution >= 0.6 is 11.6 Å². The van der Waals surface area contributed by atoms with Crippen molar-refractivity contribution in [2.24, 2.45) is 0 Å². The number of nitrogens with one attached hydrogen (secondary N) is 1. The molecule has 3 aromatic carbocycles. The second kappa shape index (κ2) is 9.70. The predicted octanol–water partition coefficient (Wildman–Crippen LogP) is 5.82. The third-order valence-corrected chi connectivity index (χ3v) is 6.92. The number of fused-ring (bicyclic) bond motifs is 1. The number of halogens is 5. The van der Waals surface area contributed by atoms with Crippen LogP contribution in [0.4, 0.5) is 34.6 Å². The van der Waals surface area contributed by atoms with Crippen LogP contribution in [0.15, 0.2) is 66.7 Å². The molecule has 3 aromatic rings. The van der Waals surface area contributed by atoms with Gasteiger partial charge in [0.25, 0.3) is 5.92 Å². The van der Waals surface area contributed by atoms with Crippen molar-refractivity contribution in [1.29, 1.82) is 0 Å². The number of anilines is 3. The maximum Gasteiger partial charge on any atom is 0.252 e. The molecular formula is C27H22ClF4N3O2. The number of benzene rings is 3. The van der Waals surface area contributed by atoms with Crippen molar-refractivity contribution >= 4 is 40.5 Å². The minimum Gasteiger partial charge on any atom is -0.373 e. The van der Waals surface area contributed by atoms with Crippen LogP contribution in [0.5, 0.6) is 0 Å². The van der Waals surface area contributed by atoms with Gasteiger partial charge in [0.1, 0.15) is 24.2 Å². The minimum absolute atomic E-state index is 0.161. The van der Waals surface area contributed by atoms with Gasteiger partial charge in [0.15, 0.2) is 0 Å². The Hall–Kier alpha value is -3.59. The average Bonchev–Trinajstić information content (AvgIpc) is 3.26. The molecule has 2 aliphatic rings. The van der Waals surface area contributed by atoms with Crippen molar-refractivity contribution in [3.05, 3.63) is 89.0 Å². The average molecular weight is 532 g/mol. The highest BCUT2D eigenvalue weighted by molar-refractivity contribution is 6.34. The SMILES string of the molecule is O=C([C@@H]1Cc2ccccc2N1)N(CC(=O)N(c1ccccc1Cl)C1CC(F)(F)C1)c1cc(F)cc(F)c1. The van der Waals surface area contributed by atoms with Crippen LogP contribution < -0.4 is 15.1 Å². The van der Waals surface area contributed by atoms with Crippen LogP contribution in [0.3, 0.4) is 0 Å². The van der Waals surface area contributed by atoms with Gasteiger partial charge in [-0.1, -0.05) is 41.9 Å². The third-order valence-electron chi connectivity index (χ3n) is 6.60. The van der Waals surface area contributed by atoms with Crippen LogP contribution in [-0.2, 0) is 16.0 Å². The van der Waals surface area contributed by atoms with Crippen molar-refractivity contribution in [3.63, 3.8) is 0 Å². The molecule has 1 saturated carbocycles. The predicted molar refractivity (Wildman–Crippen MR) is 133 cm³/mol. The number of rotatable bonds is 6. The fourth-order valence-electron chi connectivity index (χ4n) is 4.83. The Morgan fingerprint density at radius 1 is 0.973 bits per heavy atom. The lowest BCUT2D eigenvalue weighted by atomic mass is 9.86. The Labute approximate surface area is 215 Å². The lowest BCUT2D eigenvalue weighted by Crippen LogP contribution is -2.56. The molecule has 1 fully saturated rings. The molecule has 2 amide bonds. The number of nitrogens with zero attached hydrogens (tertiary/aromatic N) is 2. The van der Waals surface area contributed by atoms with Crippen molar-refractivity contribution < 1.29 is 27.2 Å². The third kappa shape index (κ3) is 5.13. The van der Waals surface area contributed by atoms with Gasteiger partial charge >= 0.3 is 0 Å². The summed E-state index contributed by atoms with van der Waals surface area (Å²) in [7, 11) is 0. The summed E-state index contributed by atoms with van der Waals surface area (Å²) in [4.78, 5) is 29.5. The molecular weight excluding hydrogens is 510 g/mol. The Morgan fingerprint density at radius 3 is 2.27 bits per heavy atom. The summed E-state index contributed by atoms with van der Waals surface area (Å²) in [6.45, 7) is -0.635. The zero-order valence-electron chi connectivity index (χ0n) is 19.4. The fraction of sp³-hybridized carbons (Fsp3) is 0.259. The number of carbonyl (C=O) groups excluding carboxylic acids is 2. The molecule has 1 aliphatic heterocycles. The Kier molecular flexibility index (Phi) is 6.58. The van der Waals surface area contributed by atoms with E-state index in [4.69, 9.17) is 11.6 Å². The van der Waals surface area contributed by atoms with Crippen molar-refractivity contribution in [3.8, 4) is 0 Å². The quantitative estimate of drug-likeness (QED) is 0.408. The zero-order valence-corrected chi connectivity index (χ0v) is 20.2. The summed E-state index contributed by atoms with van der Waals surface area (Å²) in [6.07, 6.45) is -0.821. The topological polar surface area (TPSA) is 52.7 Å². The van der Waals surface area contributed by atoms with Crippen molar-refractivity contribution in [2.45, 2.75) is 37.3 Å². The largest absolute Gasteiger partial charge is 0.373 e. The van der Waals surface area contributed by atoms with Crippen LogP contribution in [0.25, 0.3) is 0 Å². The van der Waals surface area contributed by atoms with Gasteiger partial charge in [-0.3, -0.25) is 9.59 Å². The van der Waals surface area contributed by atoms with E-state index in [1.54, 1.807) is 24.3 Å². The number of carbonyl (C=O) groups is 2. The monoisotopic (exact) mass is 531 g/mol. The van der Waals surface area contributed by atoms with E-state index in [1.165, 1.54) is 12.1 Å². The van der Waals surface area contributed by atoms with E-state index in [-0.39, 0.29) is 16.4 Å². The molecule has 0 bridgehead atoms. The molecule has 5 rings (SSSR count). The summed E-state index contributed by atoms with van der Waals surface area (Å²) in [5.74, 6) is -6.07. The Balaban J connectivity index is 1.48.